The van der Waals surface area contributed by atoms with Gasteiger partial charge in [-0.05, 0) is 38.4 Å². The topological polar surface area (TPSA) is 128 Å². The monoisotopic (exact) mass is 570 g/mol. The molecule has 1 amide bonds. The van der Waals surface area contributed by atoms with Crippen molar-refractivity contribution >= 4 is 27.1 Å². The number of benzene rings is 1. The summed E-state index contributed by atoms with van der Waals surface area (Å²) in [5, 5.41) is 5.71. The summed E-state index contributed by atoms with van der Waals surface area (Å²) in [6.07, 6.45) is 3.93. The quantitative estimate of drug-likeness (QED) is 0.406. The lowest BCUT2D eigenvalue weighted by atomic mass is 9.82. The van der Waals surface area contributed by atoms with Crippen molar-refractivity contribution in [2.45, 2.75) is 31.6 Å². The Labute approximate surface area is 233 Å². The van der Waals surface area contributed by atoms with Gasteiger partial charge in [-0.3, -0.25) is 4.79 Å². The summed E-state index contributed by atoms with van der Waals surface area (Å²) in [5.41, 5.74) is 2.07. The van der Waals surface area contributed by atoms with Crippen molar-refractivity contribution < 1.29 is 27.7 Å². The Morgan fingerprint density at radius 3 is 2.55 bits per heavy atom. The molecule has 4 heterocycles. The second-order valence-electron chi connectivity index (χ2n) is 10.7. The normalized spacial score (nSPS) is 21.3. The number of rotatable bonds is 8. The number of aromatic nitrogens is 3. The van der Waals surface area contributed by atoms with E-state index < -0.39 is 16.1 Å². The van der Waals surface area contributed by atoms with Gasteiger partial charge in [0.15, 0.2) is 5.65 Å². The zero-order chi connectivity index (χ0) is 27.7. The van der Waals surface area contributed by atoms with E-state index in [9.17, 15) is 13.2 Å². The lowest BCUT2D eigenvalue weighted by Crippen LogP contribution is -2.52. The number of hydrogen-bond donors (Lipinski definition) is 1. The highest BCUT2D eigenvalue weighted by atomic mass is 32.2. The number of amides is 1. The molecule has 2 aromatic heterocycles. The van der Waals surface area contributed by atoms with Gasteiger partial charge >= 0.3 is 10.2 Å². The molecular formula is C27H34N6O6S. The third-order valence-electron chi connectivity index (χ3n) is 7.85. The minimum Gasteiger partial charge on any atom is -0.492 e. The maximum atomic E-state index is 13.4. The van der Waals surface area contributed by atoms with Crippen molar-refractivity contribution in [1.29, 1.82) is 0 Å². The molecule has 3 fully saturated rings. The van der Waals surface area contributed by atoms with Crippen LogP contribution in [0.4, 0.5) is 0 Å². The Bertz CT molecular complexity index is 1460. The van der Waals surface area contributed by atoms with Crippen LogP contribution in [-0.2, 0) is 20.0 Å². The van der Waals surface area contributed by atoms with Gasteiger partial charge in [0.1, 0.15) is 11.4 Å². The van der Waals surface area contributed by atoms with Crippen LogP contribution in [0.2, 0.25) is 0 Å². The molecular weight excluding hydrogens is 536 g/mol. The number of fused-ring (bicyclic) bond motifs is 1. The lowest BCUT2D eigenvalue weighted by molar-refractivity contribution is -0.325. The van der Waals surface area contributed by atoms with Crippen LogP contribution in [0.25, 0.3) is 16.7 Å². The first-order valence-corrected chi connectivity index (χ1v) is 15.2. The fourth-order valence-electron chi connectivity index (χ4n) is 5.16. The van der Waals surface area contributed by atoms with Gasteiger partial charge < -0.3 is 9.64 Å². The van der Waals surface area contributed by atoms with E-state index in [1.807, 2.05) is 42.3 Å². The van der Waals surface area contributed by atoms with Crippen LogP contribution in [0.5, 0.6) is 5.75 Å². The molecule has 6 rings (SSSR count). The first-order chi connectivity index (χ1) is 19.4. The third kappa shape index (κ3) is 5.56. The fraction of sp³-hybridized carbons (Fsp3) is 0.519. The predicted molar refractivity (Wildman–Crippen MR) is 146 cm³/mol. The molecule has 0 bridgehead atoms. The van der Waals surface area contributed by atoms with Crippen LogP contribution in [0, 0.1) is 5.92 Å². The highest BCUT2D eigenvalue weighted by Crippen LogP contribution is 2.42. The molecule has 3 aromatic rings. The Hall–Kier alpha value is -3.10. The van der Waals surface area contributed by atoms with E-state index in [0.29, 0.717) is 57.4 Å². The third-order valence-corrected chi connectivity index (χ3v) is 9.34. The smallest absolute Gasteiger partial charge is 0.304 e. The van der Waals surface area contributed by atoms with Gasteiger partial charge in [0.25, 0.3) is 5.91 Å². The molecule has 0 radical (unpaired) electrons. The van der Waals surface area contributed by atoms with E-state index in [1.165, 1.54) is 10.4 Å². The van der Waals surface area contributed by atoms with Crippen LogP contribution >= 0.6 is 0 Å². The number of carbonyl (C=O) groups excluding carboxylic acids is 1. The molecule has 2 aliphatic heterocycles. The average molecular weight is 571 g/mol. The molecule has 2 saturated heterocycles. The molecule has 12 nitrogen and oxygen atoms in total. The van der Waals surface area contributed by atoms with Crippen LogP contribution in [0.15, 0.2) is 36.4 Å². The van der Waals surface area contributed by atoms with Crippen LogP contribution in [0.1, 0.15) is 47.8 Å². The van der Waals surface area contributed by atoms with Crippen molar-refractivity contribution in [1.82, 2.24) is 28.7 Å². The zero-order valence-electron chi connectivity index (χ0n) is 22.5. The largest absolute Gasteiger partial charge is 0.492 e. The SMILES string of the molecule is CN1CCN(S(=O)(=O)NC(=O)c2cc(OCC3CCOOC3)c3c(C4CCC4)nn(-c4ccccc4)c3n2)CC1. The molecule has 13 heteroatoms. The summed E-state index contributed by atoms with van der Waals surface area (Å²) >= 11 is 0. The van der Waals surface area contributed by atoms with E-state index in [2.05, 4.69) is 9.71 Å². The molecule has 1 unspecified atom stereocenters. The number of carbonyl (C=O) groups is 1. The Balaban J connectivity index is 1.39. The van der Waals surface area contributed by atoms with Crippen molar-refractivity contribution in [2.75, 3.05) is 53.0 Å². The summed E-state index contributed by atoms with van der Waals surface area (Å²) in [6.45, 7) is 3.03. The Morgan fingerprint density at radius 1 is 1.10 bits per heavy atom. The van der Waals surface area contributed by atoms with E-state index in [-0.39, 0.29) is 17.5 Å². The summed E-state index contributed by atoms with van der Waals surface area (Å²) in [5.74, 6) is 0.0253. The minimum atomic E-state index is -4.04. The second-order valence-corrected chi connectivity index (χ2v) is 12.3. The van der Waals surface area contributed by atoms with Crippen LogP contribution in [-0.4, -0.2) is 91.3 Å². The van der Waals surface area contributed by atoms with E-state index in [4.69, 9.17) is 19.6 Å². The molecule has 3 aliphatic rings. The number of para-hydroxylation sites is 1. The van der Waals surface area contributed by atoms with Crippen LogP contribution < -0.4 is 9.46 Å². The van der Waals surface area contributed by atoms with Crippen molar-refractivity contribution in [3.05, 3.63) is 47.8 Å². The van der Waals surface area contributed by atoms with Crippen molar-refractivity contribution in [3.8, 4) is 11.4 Å². The Morgan fingerprint density at radius 2 is 1.88 bits per heavy atom. The first-order valence-electron chi connectivity index (χ1n) is 13.8. The zero-order valence-corrected chi connectivity index (χ0v) is 23.3. The molecule has 1 aromatic carbocycles. The van der Waals surface area contributed by atoms with Gasteiger partial charge in [0, 0.05) is 44.1 Å². The maximum Gasteiger partial charge on any atom is 0.304 e. The lowest BCUT2D eigenvalue weighted by Gasteiger charge is -2.31. The summed E-state index contributed by atoms with van der Waals surface area (Å²) in [4.78, 5) is 30.3. The number of nitrogens with one attached hydrogen (secondary N) is 1. The number of ether oxygens (including phenoxy) is 1. The Kier molecular flexibility index (Phi) is 7.73. The van der Waals surface area contributed by atoms with Gasteiger partial charge in [0.2, 0.25) is 0 Å². The number of hydrogen-bond acceptors (Lipinski definition) is 9. The molecule has 40 heavy (non-hydrogen) atoms. The standard InChI is InChI=1S/C27H34N6O6S/c1-31-11-13-32(14-12-31)40(35,36)30-27(34)22-16-23(37-17-19-10-15-38-39-18-19)24-25(20-6-5-7-20)29-33(26(24)28-22)21-8-3-2-4-9-21/h2-4,8-9,16,19-20H,5-7,10-15,17-18H2,1H3,(H,30,34). The summed E-state index contributed by atoms with van der Waals surface area (Å²) in [6, 6.07) is 11.1. The van der Waals surface area contributed by atoms with Crippen molar-refractivity contribution in [3.63, 3.8) is 0 Å². The number of pyridine rings is 1. The van der Waals surface area contributed by atoms with Gasteiger partial charge in [-0.25, -0.2) is 24.2 Å². The van der Waals surface area contributed by atoms with E-state index >= 15 is 0 Å². The fourth-order valence-corrected chi connectivity index (χ4v) is 6.27. The van der Waals surface area contributed by atoms with Crippen LogP contribution in [0.3, 0.4) is 0 Å². The highest BCUT2D eigenvalue weighted by Gasteiger charge is 2.32. The van der Waals surface area contributed by atoms with Gasteiger partial charge in [-0.2, -0.15) is 17.8 Å². The molecule has 1 aliphatic carbocycles. The number of nitrogens with zero attached hydrogens (tertiary/aromatic N) is 5. The summed E-state index contributed by atoms with van der Waals surface area (Å²) in [7, 11) is -2.11. The molecule has 1 atom stereocenters. The molecule has 0 spiro atoms. The average Bonchev–Trinajstić information content (AvgIpc) is 3.31. The van der Waals surface area contributed by atoms with Crippen molar-refractivity contribution in [2.24, 2.45) is 5.92 Å². The molecule has 214 valence electrons. The first kappa shape index (κ1) is 27.1. The van der Waals surface area contributed by atoms with Gasteiger partial charge in [-0.1, -0.05) is 24.6 Å². The minimum absolute atomic E-state index is 0.0549. The maximum absolute atomic E-state index is 13.4. The van der Waals surface area contributed by atoms with Gasteiger partial charge in [-0.15, -0.1) is 0 Å². The highest BCUT2D eigenvalue weighted by molar-refractivity contribution is 7.87. The summed E-state index contributed by atoms with van der Waals surface area (Å²) < 4.78 is 37.7. The molecule has 1 N–H and O–H groups in total. The predicted octanol–water partition coefficient (Wildman–Crippen LogP) is 2.26. The van der Waals surface area contributed by atoms with E-state index in [0.717, 1.165) is 42.5 Å². The number of likely N-dealkylation sites (N-methyl/N-ethyl adjacent to an activating group) is 1. The van der Waals surface area contributed by atoms with E-state index in [1.54, 1.807) is 4.68 Å². The number of piperazine rings is 1. The second kappa shape index (κ2) is 11.4. The molecule has 1 saturated carbocycles. The van der Waals surface area contributed by atoms with Gasteiger partial charge in [0.05, 0.1) is 36.6 Å².